The third-order valence-electron chi connectivity index (χ3n) is 2.89. The molecule has 106 valence electrons. The Morgan fingerprint density at radius 2 is 2.10 bits per heavy atom. The van der Waals surface area contributed by atoms with Gasteiger partial charge in [0.2, 0.25) is 0 Å². The SMILES string of the molecule is CCc1c(Cl)[nH]c(=O)n(-c2ccc(OC)c(Br)c2)c1=O. The Kier molecular flexibility index (Phi) is 4.35. The summed E-state index contributed by atoms with van der Waals surface area (Å²) in [5.74, 6) is 0.614. The first-order valence-corrected chi connectivity index (χ1v) is 7.04. The van der Waals surface area contributed by atoms with E-state index >= 15 is 0 Å². The summed E-state index contributed by atoms with van der Waals surface area (Å²) in [6.07, 6.45) is 0.436. The van der Waals surface area contributed by atoms with Gasteiger partial charge in [-0.2, -0.15) is 0 Å². The highest BCUT2D eigenvalue weighted by molar-refractivity contribution is 9.10. The molecule has 0 bridgehead atoms. The van der Waals surface area contributed by atoms with E-state index in [0.717, 1.165) is 4.57 Å². The van der Waals surface area contributed by atoms with Crippen molar-refractivity contribution >= 4 is 27.5 Å². The van der Waals surface area contributed by atoms with Crippen molar-refractivity contribution in [3.8, 4) is 11.4 Å². The number of rotatable bonds is 3. The molecule has 0 aliphatic heterocycles. The highest BCUT2D eigenvalue weighted by Crippen LogP contribution is 2.26. The number of nitrogens with one attached hydrogen (secondary N) is 1. The highest BCUT2D eigenvalue weighted by Gasteiger charge is 2.13. The maximum Gasteiger partial charge on any atom is 0.334 e. The van der Waals surface area contributed by atoms with Gasteiger partial charge in [0, 0.05) is 0 Å². The molecule has 7 heteroatoms. The predicted molar refractivity (Wildman–Crippen MR) is 81.3 cm³/mol. The third kappa shape index (κ3) is 2.53. The summed E-state index contributed by atoms with van der Waals surface area (Å²) in [4.78, 5) is 26.8. The fourth-order valence-corrected chi connectivity index (χ4v) is 2.71. The molecular weight excluding hydrogens is 348 g/mol. The molecular formula is C13H12BrClN2O3. The van der Waals surface area contributed by atoms with Crippen LogP contribution >= 0.6 is 27.5 Å². The van der Waals surface area contributed by atoms with Crippen molar-refractivity contribution in [3.05, 3.63) is 54.2 Å². The van der Waals surface area contributed by atoms with Crippen LogP contribution in [0, 0.1) is 0 Å². The van der Waals surface area contributed by atoms with Gasteiger partial charge >= 0.3 is 5.69 Å². The zero-order valence-electron chi connectivity index (χ0n) is 10.9. The first-order chi connectivity index (χ1) is 9.49. The van der Waals surface area contributed by atoms with Crippen LogP contribution in [0.5, 0.6) is 5.75 Å². The van der Waals surface area contributed by atoms with Gasteiger partial charge in [-0.15, -0.1) is 0 Å². The number of nitrogens with zero attached hydrogens (tertiary/aromatic N) is 1. The van der Waals surface area contributed by atoms with Crippen molar-refractivity contribution in [2.75, 3.05) is 7.11 Å². The minimum atomic E-state index is -0.575. The Morgan fingerprint density at radius 3 is 2.65 bits per heavy atom. The standard InChI is InChI=1S/C13H12BrClN2O3/c1-3-8-11(15)16-13(19)17(12(8)18)7-4-5-10(20-2)9(14)6-7/h4-6H,3H2,1-2H3,(H,16,19). The first-order valence-electron chi connectivity index (χ1n) is 5.87. The number of methoxy groups -OCH3 is 1. The van der Waals surface area contributed by atoms with Gasteiger partial charge in [-0.05, 0) is 40.5 Å². The molecule has 0 unspecified atom stereocenters. The number of ether oxygens (including phenoxy) is 1. The Labute approximate surface area is 128 Å². The average Bonchev–Trinajstić information content (AvgIpc) is 2.39. The predicted octanol–water partition coefficient (Wildman–Crippen LogP) is 2.51. The van der Waals surface area contributed by atoms with Gasteiger partial charge in [-0.3, -0.25) is 9.78 Å². The summed E-state index contributed by atoms with van der Waals surface area (Å²) in [5, 5.41) is 0.0892. The molecule has 1 aromatic carbocycles. The van der Waals surface area contributed by atoms with Crippen LogP contribution in [-0.2, 0) is 6.42 Å². The lowest BCUT2D eigenvalue weighted by Crippen LogP contribution is -2.36. The van der Waals surface area contributed by atoms with Crippen LogP contribution in [0.15, 0.2) is 32.3 Å². The largest absolute Gasteiger partial charge is 0.496 e. The second kappa shape index (κ2) is 5.85. The van der Waals surface area contributed by atoms with Crippen molar-refractivity contribution in [1.29, 1.82) is 0 Å². The quantitative estimate of drug-likeness (QED) is 0.857. The number of hydrogen-bond donors (Lipinski definition) is 1. The Morgan fingerprint density at radius 1 is 1.40 bits per heavy atom. The second-order valence-corrected chi connectivity index (χ2v) is 5.27. The number of aromatic amines is 1. The van der Waals surface area contributed by atoms with Crippen molar-refractivity contribution in [1.82, 2.24) is 9.55 Å². The topological polar surface area (TPSA) is 64.1 Å². The summed E-state index contributed by atoms with van der Waals surface area (Å²) in [5.41, 5.74) is -0.180. The van der Waals surface area contributed by atoms with Gasteiger partial charge in [-0.25, -0.2) is 9.36 Å². The molecule has 1 heterocycles. The monoisotopic (exact) mass is 358 g/mol. The lowest BCUT2D eigenvalue weighted by Gasteiger charge is -2.10. The molecule has 0 radical (unpaired) electrons. The van der Waals surface area contributed by atoms with E-state index in [0.29, 0.717) is 27.9 Å². The molecule has 5 nitrogen and oxygen atoms in total. The van der Waals surface area contributed by atoms with E-state index in [1.807, 2.05) is 0 Å². The molecule has 2 rings (SSSR count). The maximum absolute atomic E-state index is 12.3. The number of halogens is 2. The van der Waals surface area contributed by atoms with Crippen LogP contribution in [-0.4, -0.2) is 16.7 Å². The number of aromatic nitrogens is 2. The van der Waals surface area contributed by atoms with Gasteiger partial charge in [0.1, 0.15) is 10.9 Å². The minimum absolute atomic E-state index is 0.0892. The molecule has 1 aromatic heterocycles. The van der Waals surface area contributed by atoms with E-state index in [9.17, 15) is 9.59 Å². The van der Waals surface area contributed by atoms with Crippen molar-refractivity contribution < 1.29 is 4.74 Å². The smallest absolute Gasteiger partial charge is 0.334 e. The van der Waals surface area contributed by atoms with E-state index in [-0.39, 0.29) is 5.15 Å². The summed E-state index contributed by atoms with van der Waals surface area (Å²) in [7, 11) is 1.54. The third-order valence-corrected chi connectivity index (χ3v) is 3.84. The molecule has 0 aliphatic rings. The first kappa shape index (κ1) is 14.9. The number of H-pyrrole nitrogens is 1. The number of hydrogen-bond acceptors (Lipinski definition) is 3. The van der Waals surface area contributed by atoms with Gasteiger partial charge in [0.05, 0.1) is 22.8 Å². The minimum Gasteiger partial charge on any atom is -0.496 e. The lowest BCUT2D eigenvalue weighted by atomic mass is 10.2. The summed E-state index contributed by atoms with van der Waals surface area (Å²) < 4.78 is 6.82. The van der Waals surface area contributed by atoms with Crippen molar-refractivity contribution in [2.24, 2.45) is 0 Å². The van der Waals surface area contributed by atoms with Crippen LogP contribution in [0.25, 0.3) is 5.69 Å². The van der Waals surface area contributed by atoms with Crippen molar-refractivity contribution in [2.45, 2.75) is 13.3 Å². The van der Waals surface area contributed by atoms with Crippen LogP contribution in [0.1, 0.15) is 12.5 Å². The zero-order chi connectivity index (χ0) is 14.9. The maximum atomic E-state index is 12.3. The van der Waals surface area contributed by atoms with Crippen molar-refractivity contribution in [3.63, 3.8) is 0 Å². The Balaban J connectivity index is 2.73. The van der Waals surface area contributed by atoms with Crippen LogP contribution in [0.3, 0.4) is 0 Å². The van der Waals surface area contributed by atoms with E-state index in [2.05, 4.69) is 20.9 Å². The van der Waals surface area contributed by atoms with Crippen LogP contribution < -0.4 is 16.0 Å². The fraction of sp³-hybridized carbons (Fsp3) is 0.231. The Hall–Kier alpha value is -1.53. The molecule has 0 fully saturated rings. The summed E-state index contributed by atoms with van der Waals surface area (Å²) in [6, 6.07) is 4.95. The molecule has 0 aliphatic carbocycles. The number of benzene rings is 1. The Bertz CT molecular complexity index is 767. The summed E-state index contributed by atoms with van der Waals surface area (Å²) in [6.45, 7) is 1.80. The molecule has 0 amide bonds. The van der Waals surface area contributed by atoms with Gasteiger partial charge in [0.15, 0.2) is 0 Å². The van der Waals surface area contributed by atoms with E-state index in [1.165, 1.54) is 7.11 Å². The second-order valence-electron chi connectivity index (χ2n) is 4.04. The van der Waals surface area contributed by atoms with E-state index < -0.39 is 11.2 Å². The molecule has 0 saturated carbocycles. The van der Waals surface area contributed by atoms with E-state index in [1.54, 1.807) is 25.1 Å². The molecule has 0 atom stereocenters. The highest BCUT2D eigenvalue weighted by atomic mass is 79.9. The lowest BCUT2D eigenvalue weighted by molar-refractivity contribution is 0.412. The normalized spacial score (nSPS) is 10.6. The molecule has 0 saturated heterocycles. The zero-order valence-corrected chi connectivity index (χ0v) is 13.2. The van der Waals surface area contributed by atoms with Crippen LogP contribution in [0.2, 0.25) is 5.15 Å². The molecule has 2 aromatic rings. The fourth-order valence-electron chi connectivity index (χ4n) is 1.88. The summed E-state index contributed by atoms with van der Waals surface area (Å²) >= 11 is 9.20. The van der Waals surface area contributed by atoms with Gasteiger partial charge in [0.25, 0.3) is 5.56 Å². The van der Waals surface area contributed by atoms with E-state index in [4.69, 9.17) is 16.3 Å². The van der Waals surface area contributed by atoms with Gasteiger partial charge < -0.3 is 4.74 Å². The molecule has 20 heavy (non-hydrogen) atoms. The van der Waals surface area contributed by atoms with Crippen LogP contribution in [0.4, 0.5) is 0 Å². The van der Waals surface area contributed by atoms with Gasteiger partial charge in [-0.1, -0.05) is 18.5 Å². The molecule has 0 spiro atoms. The molecule has 1 N–H and O–H groups in total. The average molecular weight is 360 g/mol.